The van der Waals surface area contributed by atoms with E-state index < -0.39 is 37.8 Å². The Kier molecular flexibility index (Phi) is 3.70. The van der Waals surface area contributed by atoms with E-state index in [4.69, 9.17) is 0 Å². The van der Waals surface area contributed by atoms with Crippen LogP contribution in [0.25, 0.3) is 0 Å². The van der Waals surface area contributed by atoms with Gasteiger partial charge in [0.2, 0.25) is 0 Å². The van der Waals surface area contributed by atoms with E-state index in [0.29, 0.717) is 6.07 Å². The first-order valence-electron chi connectivity index (χ1n) is 4.41. The summed E-state index contributed by atoms with van der Waals surface area (Å²) in [5.41, 5.74) is -6.73. The zero-order chi connectivity index (χ0) is 15.0. The van der Waals surface area contributed by atoms with Gasteiger partial charge in [0.15, 0.2) is 11.6 Å². The van der Waals surface area contributed by atoms with Crippen LogP contribution in [0.3, 0.4) is 0 Å². The molecule has 0 spiro atoms. The molecular weight excluding hydrogens is 298 g/mol. The molecule has 0 bridgehead atoms. The fourth-order valence-corrected chi connectivity index (χ4v) is 1.53. The SMILES string of the molecule is Cc1cc(F)c(OS(=O)(=O)C(F)(F)F)cc1[N+](=O)[O-]. The van der Waals surface area contributed by atoms with Crippen molar-refractivity contribution in [3.63, 3.8) is 0 Å². The van der Waals surface area contributed by atoms with Gasteiger partial charge in [0.05, 0.1) is 11.0 Å². The molecular formula is C8H5F4NO5S. The summed E-state index contributed by atoms with van der Waals surface area (Å²) < 4.78 is 74.1. The Morgan fingerprint density at radius 1 is 1.32 bits per heavy atom. The van der Waals surface area contributed by atoms with Crippen molar-refractivity contribution >= 4 is 15.8 Å². The largest absolute Gasteiger partial charge is 0.534 e. The number of rotatable bonds is 3. The van der Waals surface area contributed by atoms with E-state index >= 15 is 0 Å². The lowest BCUT2D eigenvalue weighted by molar-refractivity contribution is -0.385. The molecule has 0 saturated carbocycles. The first kappa shape index (κ1) is 15.1. The number of benzene rings is 1. The maximum Gasteiger partial charge on any atom is 0.534 e. The molecule has 1 aromatic rings. The molecule has 0 unspecified atom stereocenters. The Labute approximate surface area is 103 Å². The van der Waals surface area contributed by atoms with Crippen LogP contribution in [0.2, 0.25) is 0 Å². The zero-order valence-electron chi connectivity index (χ0n) is 9.06. The van der Waals surface area contributed by atoms with E-state index in [2.05, 4.69) is 4.18 Å². The Bertz CT molecular complexity index is 625. The standard InChI is InChI=1S/C8H5F4NO5S/c1-4-2-5(9)7(3-6(4)13(14)15)18-19(16,17)8(10,11)12/h2-3H,1H3. The molecule has 0 N–H and O–H groups in total. The lowest BCUT2D eigenvalue weighted by Crippen LogP contribution is -2.28. The van der Waals surface area contributed by atoms with Gasteiger partial charge in [-0.25, -0.2) is 4.39 Å². The van der Waals surface area contributed by atoms with E-state index in [-0.39, 0.29) is 11.6 Å². The van der Waals surface area contributed by atoms with Crippen LogP contribution in [0.15, 0.2) is 12.1 Å². The first-order valence-corrected chi connectivity index (χ1v) is 5.82. The highest BCUT2D eigenvalue weighted by Gasteiger charge is 2.49. The molecule has 6 nitrogen and oxygen atoms in total. The van der Waals surface area contributed by atoms with Crippen molar-refractivity contribution in [2.24, 2.45) is 0 Å². The minimum Gasteiger partial charge on any atom is -0.373 e. The van der Waals surface area contributed by atoms with E-state index in [1.807, 2.05) is 0 Å². The van der Waals surface area contributed by atoms with Gasteiger partial charge in [-0.05, 0) is 13.0 Å². The number of hydrogen-bond acceptors (Lipinski definition) is 5. The van der Waals surface area contributed by atoms with Crippen LogP contribution in [-0.2, 0) is 10.1 Å². The predicted molar refractivity (Wildman–Crippen MR) is 53.4 cm³/mol. The van der Waals surface area contributed by atoms with Crippen LogP contribution in [0.1, 0.15) is 5.56 Å². The topological polar surface area (TPSA) is 86.5 Å². The summed E-state index contributed by atoms with van der Waals surface area (Å²) in [6.45, 7) is 1.13. The van der Waals surface area contributed by atoms with Crippen molar-refractivity contribution in [3.05, 3.63) is 33.6 Å². The summed E-state index contributed by atoms with van der Waals surface area (Å²) in [6, 6.07) is 0.771. The summed E-state index contributed by atoms with van der Waals surface area (Å²) in [5, 5.41) is 10.5. The van der Waals surface area contributed by atoms with Crippen molar-refractivity contribution in [2.75, 3.05) is 0 Å². The molecule has 106 valence electrons. The monoisotopic (exact) mass is 303 g/mol. The molecule has 0 amide bonds. The zero-order valence-corrected chi connectivity index (χ0v) is 9.88. The molecule has 11 heteroatoms. The lowest BCUT2D eigenvalue weighted by atomic mass is 10.2. The third-order valence-corrected chi connectivity index (χ3v) is 2.90. The Morgan fingerprint density at radius 2 is 1.84 bits per heavy atom. The van der Waals surface area contributed by atoms with Gasteiger partial charge in [0.1, 0.15) is 0 Å². The fourth-order valence-electron chi connectivity index (χ4n) is 1.07. The average molecular weight is 303 g/mol. The molecule has 1 aromatic carbocycles. The van der Waals surface area contributed by atoms with Gasteiger partial charge in [0.25, 0.3) is 5.69 Å². The molecule has 0 aliphatic heterocycles. The van der Waals surface area contributed by atoms with Gasteiger partial charge >= 0.3 is 15.6 Å². The molecule has 0 aliphatic rings. The third kappa shape index (κ3) is 3.10. The van der Waals surface area contributed by atoms with Crippen LogP contribution in [0.5, 0.6) is 5.75 Å². The Balaban J connectivity index is 3.31. The van der Waals surface area contributed by atoms with E-state index in [1.165, 1.54) is 0 Å². The summed E-state index contributed by atoms with van der Waals surface area (Å²) in [4.78, 5) is 9.49. The maximum absolute atomic E-state index is 13.2. The quantitative estimate of drug-likeness (QED) is 0.281. The van der Waals surface area contributed by atoms with Crippen LogP contribution < -0.4 is 4.18 Å². The summed E-state index contributed by atoms with van der Waals surface area (Å²) in [6.07, 6.45) is 0. The van der Waals surface area contributed by atoms with Gasteiger partial charge in [0, 0.05) is 5.56 Å². The summed E-state index contributed by atoms with van der Waals surface area (Å²) in [7, 11) is -6.09. The number of nitrogens with zero attached hydrogens (tertiary/aromatic N) is 1. The second-order valence-electron chi connectivity index (χ2n) is 3.31. The molecule has 0 saturated heterocycles. The van der Waals surface area contributed by atoms with Gasteiger partial charge in [-0.3, -0.25) is 10.1 Å². The van der Waals surface area contributed by atoms with Gasteiger partial charge in [-0.2, -0.15) is 21.6 Å². The first-order chi connectivity index (χ1) is 8.45. The van der Waals surface area contributed by atoms with Crippen LogP contribution >= 0.6 is 0 Å². The molecule has 0 atom stereocenters. The van der Waals surface area contributed by atoms with E-state index in [9.17, 15) is 36.1 Å². The number of nitro groups is 1. The van der Waals surface area contributed by atoms with Gasteiger partial charge in [-0.15, -0.1) is 0 Å². The van der Waals surface area contributed by atoms with Crippen molar-refractivity contribution in [2.45, 2.75) is 12.4 Å². The fraction of sp³-hybridized carbons (Fsp3) is 0.250. The molecule has 0 heterocycles. The number of hydrogen-bond donors (Lipinski definition) is 0. The Morgan fingerprint density at radius 3 is 2.26 bits per heavy atom. The number of halogens is 4. The Hall–Kier alpha value is -1.91. The minimum atomic E-state index is -6.09. The van der Waals surface area contributed by atoms with Crippen LogP contribution in [-0.4, -0.2) is 18.8 Å². The van der Waals surface area contributed by atoms with Crippen LogP contribution in [0.4, 0.5) is 23.2 Å². The highest BCUT2D eigenvalue weighted by atomic mass is 32.2. The summed E-state index contributed by atoms with van der Waals surface area (Å²) >= 11 is 0. The smallest absolute Gasteiger partial charge is 0.373 e. The molecule has 0 radical (unpaired) electrons. The normalized spacial score (nSPS) is 12.3. The van der Waals surface area contributed by atoms with Crippen molar-refractivity contribution < 1.29 is 35.1 Å². The van der Waals surface area contributed by atoms with Crippen LogP contribution in [0, 0.1) is 22.9 Å². The molecule has 0 aromatic heterocycles. The average Bonchev–Trinajstić information content (AvgIpc) is 2.19. The summed E-state index contributed by atoms with van der Waals surface area (Å²) in [5.74, 6) is -2.86. The highest BCUT2D eigenvalue weighted by molar-refractivity contribution is 7.88. The maximum atomic E-state index is 13.2. The second kappa shape index (κ2) is 4.64. The highest BCUT2D eigenvalue weighted by Crippen LogP contribution is 2.32. The lowest BCUT2D eigenvalue weighted by Gasteiger charge is -2.10. The second-order valence-corrected chi connectivity index (χ2v) is 4.85. The number of aryl methyl sites for hydroxylation is 1. The van der Waals surface area contributed by atoms with Crippen molar-refractivity contribution in [1.29, 1.82) is 0 Å². The third-order valence-electron chi connectivity index (χ3n) is 1.93. The van der Waals surface area contributed by atoms with E-state index in [1.54, 1.807) is 0 Å². The van der Waals surface area contributed by atoms with Crippen molar-refractivity contribution in [1.82, 2.24) is 0 Å². The number of nitro benzene ring substituents is 1. The minimum absolute atomic E-state index is 0.195. The van der Waals surface area contributed by atoms with E-state index in [0.717, 1.165) is 6.92 Å². The molecule has 0 fully saturated rings. The molecule has 1 rings (SSSR count). The van der Waals surface area contributed by atoms with Gasteiger partial charge < -0.3 is 4.18 Å². The predicted octanol–water partition coefficient (Wildman–Crippen LogP) is 2.27. The number of alkyl halides is 3. The van der Waals surface area contributed by atoms with Crippen molar-refractivity contribution in [3.8, 4) is 5.75 Å². The molecule has 0 aliphatic carbocycles. The molecule has 19 heavy (non-hydrogen) atoms. The van der Waals surface area contributed by atoms with Gasteiger partial charge in [-0.1, -0.05) is 0 Å².